The second-order valence-electron chi connectivity index (χ2n) is 5.02. The molecule has 0 aliphatic rings. The zero-order valence-electron chi connectivity index (χ0n) is 13.0. The molecule has 118 valence electrons. The van der Waals surface area contributed by atoms with E-state index in [-0.39, 0.29) is 24.1 Å². The van der Waals surface area contributed by atoms with E-state index < -0.39 is 0 Å². The molecule has 2 aromatic carbocycles. The van der Waals surface area contributed by atoms with Gasteiger partial charge >= 0.3 is 0 Å². The molecule has 2 rings (SSSR count). The second-order valence-corrected chi connectivity index (χ2v) is 5.02. The van der Waals surface area contributed by atoms with Crippen molar-refractivity contribution in [3.8, 4) is 5.75 Å². The first-order chi connectivity index (χ1) is 11.0. The zero-order chi connectivity index (χ0) is 16.8. The van der Waals surface area contributed by atoms with Gasteiger partial charge in [-0.25, -0.2) is 0 Å². The van der Waals surface area contributed by atoms with Crippen LogP contribution in [0, 0.1) is 0 Å². The lowest BCUT2D eigenvalue weighted by molar-refractivity contribution is -0.118. The predicted octanol–water partition coefficient (Wildman–Crippen LogP) is 3.11. The van der Waals surface area contributed by atoms with Crippen molar-refractivity contribution in [1.82, 2.24) is 0 Å². The van der Waals surface area contributed by atoms with E-state index in [1.165, 1.54) is 13.8 Å². The Labute approximate surface area is 134 Å². The van der Waals surface area contributed by atoms with Gasteiger partial charge in [0.05, 0.1) is 5.69 Å². The van der Waals surface area contributed by atoms with E-state index >= 15 is 0 Å². The van der Waals surface area contributed by atoms with E-state index in [0.29, 0.717) is 22.6 Å². The van der Waals surface area contributed by atoms with Crippen molar-refractivity contribution in [2.24, 2.45) is 0 Å². The van der Waals surface area contributed by atoms with Crippen LogP contribution in [0.5, 0.6) is 5.75 Å². The van der Waals surface area contributed by atoms with Crippen LogP contribution >= 0.6 is 0 Å². The maximum absolute atomic E-state index is 12.0. The Kier molecular flexibility index (Phi) is 5.25. The standard InChI is InChI=1S/C18H17NO4/c1-12(20)14-6-5-7-15(10-14)23-11-18(22)19-17-9-4-3-8-16(17)13(2)21/h3-10H,11H2,1-2H3,(H,19,22). The normalized spacial score (nSPS) is 10.0. The number of nitrogens with one attached hydrogen (secondary N) is 1. The lowest BCUT2D eigenvalue weighted by Crippen LogP contribution is -2.21. The number of para-hydroxylation sites is 1. The van der Waals surface area contributed by atoms with E-state index in [1.54, 1.807) is 48.5 Å². The van der Waals surface area contributed by atoms with Crippen molar-refractivity contribution in [2.75, 3.05) is 11.9 Å². The number of amides is 1. The highest BCUT2D eigenvalue weighted by Crippen LogP contribution is 2.16. The lowest BCUT2D eigenvalue weighted by Gasteiger charge is -2.10. The third-order valence-electron chi connectivity index (χ3n) is 3.19. The summed E-state index contributed by atoms with van der Waals surface area (Å²) in [6, 6.07) is 13.4. The molecule has 5 nitrogen and oxygen atoms in total. The fourth-order valence-electron chi connectivity index (χ4n) is 2.04. The summed E-state index contributed by atoms with van der Waals surface area (Å²) in [6.07, 6.45) is 0. The first-order valence-electron chi connectivity index (χ1n) is 7.11. The summed E-state index contributed by atoms with van der Waals surface area (Å²) in [5.41, 5.74) is 1.41. The molecular formula is C18H17NO4. The Hall–Kier alpha value is -2.95. The second kappa shape index (κ2) is 7.35. The van der Waals surface area contributed by atoms with Crippen molar-refractivity contribution in [1.29, 1.82) is 0 Å². The minimum absolute atomic E-state index is 0.0738. The number of rotatable bonds is 6. The largest absolute Gasteiger partial charge is 0.484 e. The third-order valence-corrected chi connectivity index (χ3v) is 3.19. The predicted molar refractivity (Wildman–Crippen MR) is 87.0 cm³/mol. The molecule has 0 atom stereocenters. The number of anilines is 1. The van der Waals surface area contributed by atoms with Crippen LogP contribution in [0.25, 0.3) is 0 Å². The van der Waals surface area contributed by atoms with Crippen LogP contribution in [0.1, 0.15) is 34.6 Å². The first kappa shape index (κ1) is 16.4. The smallest absolute Gasteiger partial charge is 0.262 e. The fourth-order valence-corrected chi connectivity index (χ4v) is 2.04. The van der Waals surface area contributed by atoms with Gasteiger partial charge in [0.25, 0.3) is 5.91 Å². The lowest BCUT2D eigenvalue weighted by atomic mass is 10.1. The highest BCUT2D eigenvalue weighted by Gasteiger charge is 2.10. The summed E-state index contributed by atoms with van der Waals surface area (Å²) in [7, 11) is 0. The molecule has 0 saturated heterocycles. The van der Waals surface area contributed by atoms with Gasteiger partial charge in [-0.05, 0) is 38.1 Å². The number of carbonyl (C=O) groups excluding carboxylic acids is 3. The maximum Gasteiger partial charge on any atom is 0.262 e. The van der Waals surface area contributed by atoms with Gasteiger partial charge in [-0.1, -0.05) is 24.3 Å². The summed E-state index contributed by atoms with van der Waals surface area (Å²) >= 11 is 0. The van der Waals surface area contributed by atoms with Crippen molar-refractivity contribution >= 4 is 23.2 Å². The van der Waals surface area contributed by atoms with Crippen molar-refractivity contribution in [2.45, 2.75) is 13.8 Å². The van der Waals surface area contributed by atoms with Gasteiger partial charge in [0, 0.05) is 11.1 Å². The number of carbonyl (C=O) groups is 3. The Morgan fingerprint density at radius 3 is 2.39 bits per heavy atom. The minimum Gasteiger partial charge on any atom is -0.484 e. The molecular weight excluding hydrogens is 294 g/mol. The SMILES string of the molecule is CC(=O)c1cccc(OCC(=O)Nc2ccccc2C(C)=O)c1. The van der Waals surface area contributed by atoms with Crippen LogP contribution in [0.4, 0.5) is 5.69 Å². The molecule has 0 radical (unpaired) electrons. The van der Waals surface area contributed by atoms with E-state index in [0.717, 1.165) is 0 Å². The van der Waals surface area contributed by atoms with Gasteiger partial charge in [-0.2, -0.15) is 0 Å². The van der Waals surface area contributed by atoms with Crippen LogP contribution in [-0.4, -0.2) is 24.1 Å². The molecule has 2 aromatic rings. The Morgan fingerprint density at radius 2 is 1.70 bits per heavy atom. The number of ether oxygens (including phenoxy) is 1. The molecule has 0 bridgehead atoms. The number of hydrogen-bond acceptors (Lipinski definition) is 4. The molecule has 1 amide bonds. The average molecular weight is 311 g/mol. The quantitative estimate of drug-likeness (QED) is 0.832. The number of ketones is 2. The van der Waals surface area contributed by atoms with Gasteiger partial charge in [-0.15, -0.1) is 0 Å². The van der Waals surface area contributed by atoms with Crippen molar-refractivity contribution < 1.29 is 19.1 Å². The van der Waals surface area contributed by atoms with Crippen LogP contribution < -0.4 is 10.1 Å². The molecule has 5 heteroatoms. The van der Waals surface area contributed by atoms with Crippen LogP contribution in [0.15, 0.2) is 48.5 Å². The van der Waals surface area contributed by atoms with Gasteiger partial charge in [-0.3, -0.25) is 14.4 Å². The topological polar surface area (TPSA) is 72.5 Å². The third kappa shape index (κ3) is 4.51. The highest BCUT2D eigenvalue weighted by molar-refractivity contribution is 6.04. The number of Topliss-reactive ketones (excluding diaryl/α,β-unsaturated/α-hetero) is 2. The first-order valence-corrected chi connectivity index (χ1v) is 7.11. The summed E-state index contributed by atoms with van der Waals surface area (Å²) in [5.74, 6) is -0.147. The molecule has 0 fully saturated rings. The van der Waals surface area contributed by atoms with Gasteiger partial charge < -0.3 is 10.1 Å². The van der Waals surface area contributed by atoms with E-state index in [1.807, 2.05) is 0 Å². The molecule has 0 unspecified atom stereocenters. The van der Waals surface area contributed by atoms with Gasteiger partial charge in [0.15, 0.2) is 18.2 Å². The van der Waals surface area contributed by atoms with E-state index in [2.05, 4.69) is 5.32 Å². The molecule has 0 aliphatic carbocycles. The van der Waals surface area contributed by atoms with Crippen LogP contribution in [-0.2, 0) is 4.79 Å². The Morgan fingerprint density at radius 1 is 0.957 bits per heavy atom. The monoisotopic (exact) mass is 311 g/mol. The van der Waals surface area contributed by atoms with Crippen LogP contribution in [0.2, 0.25) is 0 Å². The zero-order valence-corrected chi connectivity index (χ0v) is 13.0. The molecule has 1 N–H and O–H groups in total. The van der Waals surface area contributed by atoms with Crippen LogP contribution in [0.3, 0.4) is 0 Å². The highest BCUT2D eigenvalue weighted by atomic mass is 16.5. The molecule has 0 saturated carbocycles. The number of benzene rings is 2. The van der Waals surface area contributed by atoms with Gasteiger partial charge in [0.1, 0.15) is 5.75 Å². The maximum atomic E-state index is 12.0. The summed E-state index contributed by atoms with van der Waals surface area (Å²) in [5, 5.41) is 2.65. The van der Waals surface area contributed by atoms with E-state index in [9.17, 15) is 14.4 Å². The fraction of sp³-hybridized carbons (Fsp3) is 0.167. The Bertz CT molecular complexity index is 752. The molecule has 0 aliphatic heterocycles. The molecule has 0 aromatic heterocycles. The van der Waals surface area contributed by atoms with Crippen molar-refractivity contribution in [3.05, 3.63) is 59.7 Å². The summed E-state index contributed by atoms with van der Waals surface area (Å²) in [6.45, 7) is 2.69. The van der Waals surface area contributed by atoms with Gasteiger partial charge in [0.2, 0.25) is 0 Å². The summed E-state index contributed by atoms with van der Waals surface area (Å²) in [4.78, 5) is 34.8. The Balaban J connectivity index is 2.00. The molecule has 0 heterocycles. The molecule has 23 heavy (non-hydrogen) atoms. The number of hydrogen-bond donors (Lipinski definition) is 1. The minimum atomic E-state index is -0.382. The van der Waals surface area contributed by atoms with E-state index in [4.69, 9.17) is 4.74 Å². The summed E-state index contributed by atoms with van der Waals surface area (Å²) < 4.78 is 5.38. The molecule has 0 spiro atoms. The van der Waals surface area contributed by atoms with Crippen molar-refractivity contribution in [3.63, 3.8) is 0 Å². The average Bonchev–Trinajstić information content (AvgIpc) is 2.53.